The van der Waals surface area contributed by atoms with Gasteiger partial charge in [-0.15, -0.1) is 5.10 Å². The van der Waals surface area contributed by atoms with E-state index >= 15 is 0 Å². The van der Waals surface area contributed by atoms with Crippen molar-refractivity contribution in [1.29, 1.82) is 0 Å². The number of aryl methyl sites for hydroxylation is 1. The minimum absolute atomic E-state index is 0.141. The lowest BCUT2D eigenvalue weighted by Crippen LogP contribution is -2.25. The zero-order valence-electron chi connectivity index (χ0n) is 12.5. The number of imidazole rings is 1. The van der Waals surface area contributed by atoms with Gasteiger partial charge in [0, 0.05) is 23.6 Å². The molecule has 2 N–H and O–H groups in total. The standard InChI is InChI=1S/C16H15N5OS/c1-10-18-9-14-21(10)20-16(23-14)15(22)17-7-6-11-8-19-13-5-3-2-4-12(11)13/h2-5,8-9,19H,6-7H2,1H3,(H,17,22). The highest BCUT2D eigenvalue weighted by molar-refractivity contribution is 7.18. The van der Waals surface area contributed by atoms with Crippen molar-refractivity contribution in [2.24, 2.45) is 0 Å². The highest BCUT2D eigenvalue weighted by Gasteiger charge is 2.14. The molecule has 0 unspecified atom stereocenters. The maximum atomic E-state index is 12.2. The number of para-hydroxylation sites is 1. The van der Waals surface area contributed by atoms with Gasteiger partial charge in [-0.2, -0.15) is 0 Å². The van der Waals surface area contributed by atoms with Gasteiger partial charge >= 0.3 is 0 Å². The molecule has 0 bridgehead atoms. The number of aromatic nitrogens is 4. The number of carbonyl (C=O) groups is 1. The van der Waals surface area contributed by atoms with E-state index in [-0.39, 0.29) is 5.91 Å². The first-order chi connectivity index (χ1) is 11.2. The van der Waals surface area contributed by atoms with E-state index in [0.29, 0.717) is 11.6 Å². The molecule has 0 spiro atoms. The van der Waals surface area contributed by atoms with Gasteiger partial charge in [-0.1, -0.05) is 29.5 Å². The molecule has 1 amide bonds. The fourth-order valence-corrected chi connectivity index (χ4v) is 3.49. The fourth-order valence-electron chi connectivity index (χ4n) is 2.64. The van der Waals surface area contributed by atoms with Crippen molar-refractivity contribution in [2.45, 2.75) is 13.3 Å². The molecular weight excluding hydrogens is 310 g/mol. The number of nitrogens with zero attached hydrogens (tertiary/aromatic N) is 3. The van der Waals surface area contributed by atoms with E-state index in [0.717, 1.165) is 22.6 Å². The van der Waals surface area contributed by atoms with E-state index < -0.39 is 0 Å². The highest BCUT2D eigenvalue weighted by Crippen LogP contribution is 2.18. The molecule has 0 aliphatic heterocycles. The molecule has 3 aromatic heterocycles. The van der Waals surface area contributed by atoms with E-state index in [1.807, 2.05) is 31.3 Å². The normalized spacial score (nSPS) is 11.3. The van der Waals surface area contributed by atoms with E-state index in [2.05, 4.69) is 26.4 Å². The maximum absolute atomic E-state index is 12.2. The van der Waals surface area contributed by atoms with Gasteiger partial charge in [0.2, 0.25) is 5.01 Å². The molecule has 3 heterocycles. The van der Waals surface area contributed by atoms with Crippen molar-refractivity contribution < 1.29 is 4.79 Å². The molecule has 0 radical (unpaired) electrons. The Morgan fingerprint density at radius 2 is 2.26 bits per heavy atom. The summed E-state index contributed by atoms with van der Waals surface area (Å²) in [5, 5.41) is 8.89. The smallest absolute Gasteiger partial charge is 0.282 e. The van der Waals surface area contributed by atoms with E-state index in [4.69, 9.17) is 0 Å². The van der Waals surface area contributed by atoms with Crippen LogP contribution in [-0.4, -0.2) is 32.0 Å². The maximum Gasteiger partial charge on any atom is 0.282 e. The number of aromatic amines is 1. The summed E-state index contributed by atoms with van der Waals surface area (Å²) < 4.78 is 1.69. The van der Waals surface area contributed by atoms with Crippen LogP contribution in [0.3, 0.4) is 0 Å². The molecule has 0 atom stereocenters. The Bertz CT molecular complexity index is 996. The van der Waals surface area contributed by atoms with Gasteiger partial charge < -0.3 is 10.3 Å². The minimum atomic E-state index is -0.141. The highest BCUT2D eigenvalue weighted by atomic mass is 32.1. The van der Waals surface area contributed by atoms with Gasteiger partial charge in [0.05, 0.1) is 6.20 Å². The summed E-state index contributed by atoms with van der Waals surface area (Å²) >= 11 is 1.35. The molecule has 4 aromatic rings. The third-order valence-corrected chi connectivity index (χ3v) is 4.77. The molecule has 4 rings (SSSR count). The van der Waals surface area contributed by atoms with Crippen molar-refractivity contribution in [2.75, 3.05) is 6.54 Å². The van der Waals surface area contributed by atoms with E-state index in [1.165, 1.54) is 22.3 Å². The van der Waals surface area contributed by atoms with Crippen LogP contribution in [0.25, 0.3) is 15.7 Å². The first-order valence-corrected chi connectivity index (χ1v) is 8.18. The first kappa shape index (κ1) is 14.0. The number of hydrogen-bond acceptors (Lipinski definition) is 4. The lowest BCUT2D eigenvalue weighted by Gasteiger charge is -2.02. The van der Waals surface area contributed by atoms with Crippen LogP contribution in [0.15, 0.2) is 36.7 Å². The SMILES string of the molecule is Cc1ncc2sc(C(=O)NCCc3c[nH]c4ccccc34)nn12. The molecule has 0 saturated carbocycles. The Labute approximate surface area is 136 Å². The molecule has 6 nitrogen and oxygen atoms in total. The lowest BCUT2D eigenvalue weighted by atomic mass is 10.1. The Balaban J connectivity index is 1.43. The summed E-state index contributed by atoms with van der Waals surface area (Å²) in [6.07, 6.45) is 4.51. The molecule has 0 aliphatic carbocycles. The van der Waals surface area contributed by atoms with Crippen molar-refractivity contribution in [3.8, 4) is 0 Å². The number of H-pyrrole nitrogens is 1. The molecular formula is C16H15N5OS. The van der Waals surface area contributed by atoms with Crippen LogP contribution in [0.2, 0.25) is 0 Å². The first-order valence-electron chi connectivity index (χ1n) is 7.37. The quantitative estimate of drug-likeness (QED) is 0.605. The lowest BCUT2D eigenvalue weighted by molar-refractivity contribution is 0.0952. The molecule has 7 heteroatoms. The third kappa shape index (κ3) is 2.49. The van der Waals surface area contributed by atoms with Gasteiger partial charge in [-0.25, -0.2) is 9.50 Å². The summed E-state index contributed by atoms with van der Waals surface area (Å²) in [4.78, 5) is 20.5. The zero-order valence-corrected chi connectivity index (χ0v) is 13.4. The zero-order chi connectivity index (χ0) is 15.8. The fraction of sp³-hybridized carbons (Fsp3) is 0.188. The van der Waals surface area contributed by atoms with E-state index in [1.54, 1.807) is 10.7 Å². The number of rotatable bonds is 4. The van der Waals surface area contributed by atoms with Crippen LogP contribution >= 0.6 is 11.3 Å². The summed E-state index contributed by atoms with van der Waals surface area (Å²) in [7, 11) is 0. The summed E-state index contributed by atoms with van der Waals surface area (Å²) in [5.74, 6) is 0.645. The van der Waals surface area contributed by atoms with Crippen LogP contribution in [-0.2, 0) is 6.42 Å². The number of benzene rings is 1. The van der Waals surface area contributed by atoms with Crippen molar-refractivity contribution in [3.05, 3.63) is 53.1 Å². The second-order valence-electron chi connectivity index (χ2n) is 5.33. The average molecular weight is 325 g/mol. The van der Waals surface area contributed by atoms with Crippen LogP contribution < -0.4 is 5.32 Å². The molecule has 23 heavy (non-hydrogen) atoms. The topological polar surface area (TPSA) is 75.1 Å². The Kier molecular flexibility index (Phi) is 3.34. The monoisotopic (exact) mass is 325 g/mol. The molecule has 0 fully saturated rings. The Morgan fingerprint density at radius 3 is 3.13 bits per heavy atom. The van der Waals surface area contributed by atoms with Crippen molar-refractivity contribution in [3.63, 3.8) is 0 Å². The van der Waals surface area contributed by atoms with Crippen LogP contribution in [0.4, 0.5) is 0 Å². The van der Waals surface area contributed by atoms with Crippen molar-refractivity contribution >= 4 is 33.0 Å². The van der Waals surface area contributed by atoms with Crippen molar-refractivity contribution in [1.82, 2.24) is 24.9 Å². The summed E-state index contributed by atoms with van der Waals surface area (Å²) in [5.41, 5.74) is 2.32. The van der Waals surface area contributed by atoms with Crippen LogP contribution in [0, 0.1) is 6.92 Å². The third-order valence-electron chi connectivity index (χ3n) is 3.82. The number of amides is 1. The number of nitrogens with one attached hydrogen (secondary N) is 2. The number of fused-ring (bicyclic) bond motifs is 2. The molecule has 0 saturated heterocycles. The molecule has 0 aliphatic rings. The molecule has 116 valence electrons. The summed E-state index contributed by atoms with van der Waals surface area (Å²) in [6, 6.07) is 8.16. The van der Waals surface area contributed by atoms with Crippen LogP contribution in [0.1, 0.15) is 21.2 Å². The van der Waals surface area contributed by atoms with E-state index in [9.17, 15) is 4.79 Å². The second-order valence-corrected chi connectivity index (χ2v) is 6.34. The predicted octanol–water partition coefficient (Wildman–Crippen LogP) is 2.55. The number of carbonyl (C=O) groups excluding carboxylic acids is 1. The second kappa shape index (κ2) is 5.51. The minimum Gasteiger partial charge on any atom is -0.361 e. The van der Waals surface area contributed by atoms with Gasteiger partial charge in [0.1, 0.15) is 10.7 Å². The Morgan fingerprint density at radius 1 is 1.39 bits per heavy atom. The average Bonchev–Trinajstić information content (AvgIpc) is 3.24. The van der Waals surface area contributed by atoms with Gasteiger partial charge in [-0.3, -0.25) is 4.79 Å². The number of hydrogen-bond donors (Lipinski definition) is 2. The van der Waals surface area contributed by atoms with Gasteiger partial charge in [-0.05, 0) is 25.0 Å². The predicted molar refractivity (Wildman–Crippen MR) is 89.9 cm³/mol. The van der Waals surface area contributed by atoms with Gasteiger partial charge in [0.15, 0.2) is 0 Å². The van der Waals surface area contributed by atoms with Crippen LogP contribution in [0.5, 0.6) is 0 Å². The largest absolute Gasteiger partial charge is 0.361 e. The molecule has 1 aromatic carbocycles. The Hall–Kier alpha value is -2.67. The van der Waals surface area contributed by atoms with Gasteiger partial charge in [0.25, 0.3) is 5.91 Å². The summed E-state index contributed by atoms with van der Waals surface area (Å²) in [6.45, 7) is 2.44.